The number of rotatable bonds is 8. The van der Waals surface area contributed by atoms with Crippen LogP contribution in [0.25, 0.3) is 0 Å². The number of methoxy groups -OCH3 is 2. The minimum Gasteiger partial charge on any atom is -0.465 e. The van der Waals surface area contributed by atoms with Gasteiger partial charge in [-0.3, -0.25) is 0 Å². The molecule has 0 atom stereocenters. The van der Waals surface area contributed by atoms with Gasteiger partial charge in [0.1, 0.15) is 0 Å². The van der Waals surface area contributed by atoms with Crippen molar-refractivity contribution in [3.63, 3.8) is 0 Å². The highest BCUT2D eigenvalue weighted by molar-refractivity contribution is 6.06. The molecule has 40 heavy (non-hydrogen) atoms. The molecule has 6 heteroatoms. The molecular formula is C34H28N2O4. The molecule has 0 spiro atoms. The van der Waals surface area contributed by atoms with Crippen LogP contribution in [0, 0.1) is 0 Å². The van der Waals surface area contributed by atoms with Gasteiger partial charge >= 0.3 is 11.9 Å². The lowest BCUT2D eigenvalue weighted by Gasteiger charge is -2.31. The van der Waals surface area contributed by atoms with Crippen LogP contribution in [-0.2, 0) is 9.47 Å². The summed E-state index contributed by atoms with van der Waals surface area (Å²) in [5.74, 6) is -1.07. The second-order valence-electron chi connectivity index (χ2n) is 8.88. The molecule has 0 aliphatic rings. The van der Waals surface area contributed by atoms with Gasteiger partial charge in [-0.05, 0) is 60.7 Å². The normalized spacial score (nSPS) is 10.4. The summed E-state index contributed by atoms with van der Waals surface area (Å²) in [6, 6.07) is 42.0. The first-order valence-electron chi connectivity index (χ1n) is 12.8. The Kier molecular flexibility index (Phi) is 7.88. The van der Waals surface area contributed by atoms with Gasteiger partial charge in [0, 0.05) is 22.7 Å². The third kappa shape index (κ3) is 5.28. The second kappa shape index (κ2) is 12.0. The first kappa shape index (κ1) is 26.3. The van der Waals surface area contributed by atoms with Crippen molar-refractivity contribution in [2.75, 3.05) is 24.0 Å². The van der Waals surface area contributed by atoms with E-state index < -0.39 is 11.9 Å². The lowest BCUT2D eigenvalue weighted by molar-refractivity contribution is 0.0588. The van der Waals surface area contributed by atoms with E-state index in [0.717, 1.165) is 22.7 Å². The fourth-order valence-electron chi connectivity index (χ4n) is 4.66. The third-order valence-corrected chi connectivity index (χ3v) is 6.46. The summed E-state index contributed by atoms with van der Waals surface area (Å²) in [6.07, 6.45) is 0. The number of nitrogens with zero attached hydrogens (tertiary/aromatic N) is 2. The Bertz CT molecular complexity index is 1390. The van der Waals surface area contributed by atoms with Crippen LogP contribution >= 0.6 is 0 Å². The van der Waals surface area contributed by atoms with Crippen LogP contribution in [0.3, 0.4) is 0 Å². The predicted octanol–water partition coefficient (Wildman–Crippen LogP) is 8.20. The molecule has 0 aromatic heterocycles. The Morgan fingerprint density at radius 3 is 0.925 bits per heavy atom. The molecule has 0 saturated heterocycles. The minimum absolute atomic E-state index is 0.287. The van der Waals surface area contributed by atoms with Gasteiger partial charge in [-0.2, -0.15) is 0 Å². The third-order valence-electron chi connectivity index (χ3n) is 6.46. The summed E-state index contributed by atoms with van der Waals surface area (Å²) < 4.78 is 10.5. The molecule has 0 radical (unpaired) electrons. The minimum atomic E-state index is -0.536. The maximum absolute atomic E-state index is 13.4. The van der Waals surface area contributed by atoms with E-state index in [0.29, 0.717) is 11.4 Å². The number of hydrogen-bond donors (Lipinski definition) is 0. The molecule has 5 rings (SSSR count). The van der Waals surface area contributed by atoms with E-state index >= 15 is 0 Å². The zero-order valence-electron chi connectivity index (χ0n) is 22.2. The van der Waals surface area contributed by atoms with Crippen molar-refractivity contribution >= 4 is 46.1 Å². The van der Waals surface area contributed by atoms with E-state index in [9.17, 15) is 9.59 Å². The number of benzene rings is 5. The molecule has 6 nitrogen and oxygen atoms in total. The molecular weight excluding hydrogens is 500 g/mol. The second-order valence-corrected chi connectivity index (χ2v) is 8.88. The lowest BCUT2D eigenvalue weighted by Crippen LogP contribution is -2.20. The van der Waals surface area contributed by atoms with Gasteiger partial charge < -0.3 is 19.3 Å². The summed E-state index contributed by atoms with van der Waals surface area (Å²) in [7, 11) is 2.70. The lowest BCUT2D eigenvalue weighted by atomic mass is 10.0. The van der Waals surface area contributed by atoms with Crippen LogP contribution in [0.2, 0.25) is 0 Å². The van der Waals surface area contributed by atoms with Crippen molar-refractivity contribution in [2.45, 2.75) is 0 Å². The van der Waals surface area contributed by atoms with Crippen LogP contribution in [0.5, 0.6) is 0 Å². The molecule has 0 aliphatic carbocycles. The van der Waals surface area contributed by atoms with Gasteiger partial charge in [0.25, 0.3) is 0 Å². The van der Waals surface area contributed by atoms with Crippen LogP contribution in [0.4, 0.5) is 34.1 Å². The summed E-state index contributed by atoms with van der Waals surface area (Å²) in [4.78, 5) is 30.7. The van der Waals surface area contributed by atoms with Crippen molar-refractivity contribution in [1.82, 2.24) is 0 Å². The van der Waals surface area contributed by atoms with Gasteiger partial charge in [-0.25, -0.2) is 9.59 Å². The van der Waals surface area contributed by atoms with Crippen molar-refractivity contribution in [2.24, 2.45) is 0 Å². The number of anilines is 6. The Morgan fingerprint density at radius 2 is 0.700 bits per heavy atom. The van der Waals surface area contributed by atoms with E-state index in [4.69, 9.17) is 9.47 Å². The molecule has 5 aromatic carbocycles. The molecule has 0 saturated carbocycles. The van der Waals surface area contributed by atoms with Gasteiger partial charge in [-0.15, -0.1) is 0 Å². The Labute approximate surface area is 233 Å². The SMILES string of the molecule is COC(=O)c1cc(N(c2ccccc2)c2ccccc2)c(C(=O)OC)cc1N(c1ccccc1)c1ccccc1. The zero-order valence-corrected chi connectivity index (χ0v) is 22.2. The van der Waals surface area contributed by atoms with E-state index in [-0.39, 0.29) is 11.1 Å². The number of para-hydroxylation sites is 4. The predicted molar refractivity (Wildman–Crippen MR) is 158 cm³/mol. The quantitative estimate of drug-likeness (QED) is 0.189. The highest BCUT2D eigenvalue weighted by Crippen LogP contribution is 2.43. The summed E-state index contributed by atoms with van der Waals surface area (Å²) in [5, 5.41) is 0. The fraction of sp³-hybridized carbons (Fsp3) is 0.0588. The van der Waals surface area contributed by atoms with Crippen molar-refractivity contribution in [3.05, 3.63) is 145 Å². The van der Waals surface area contributed by atoms with Crippen LogP contribution in [0.1, 0.15) is 20.7 Å². The monoisotopic (exact) mass is 528 g/mol. The standard InChI is InChI=1S/C34H28N2O4/c1-39-33(37)29-23-32(36(27-19-11-5-12-20-27)28-21-13-6-14-22-28)30(34(38)40-2)24-31(29)35(25-15-7-3-8-16-25)26-17-9-4-10-18-26/h3-24H,1-2H3. The molecule has 0 bridgehead atoms. The van der Waals surface area contributed by atoms with Crippen molar-refractivity contribution in [3.8, 4) is 0 Å². The van der Waals surface area contributed by atoms with E-state index in [1.807, 2.05) is 131 Å². The van der Waals surface area contributed by atoms with E-state index in [1.165, 1.54) is 14.2 Å². The van der Waals surface area contributed by atoms with Crippen molar-refractivity contribution < 1.29 is 19.1 Å². The Hall–Kier alpha value is -5.36. The molecule has 0 unspecified atom stereocenters. The molecule has 0 heterocycles. The molecule has 5 aromatic rings. The number of esters is 2. The topological polar surface area (TPSA) is 59.1 Å². The van der Waals surface area contributed by atoms with Gasteiger partial charge in [0.2, 0.25) is 0 Å². The highest BCUT2D eigenvalue weighted by atomic mass is 16.5. The van der Waals surface area contributed by atoms with Gasteiger partial charge in [-0.1, -0.05) is 72.8 Å². The first-order valence-corrected chi connectivity index (χ1v) is 12.8. The summed E-state index contributed by atoms with van der Waals surface area (Å²) in [5.41, 5.74) is 4.78. The fourth-order valence-corrected chi connectivity index (χ4v) is 4.66. The maximum Gasteiger partial charge on any atom is 0.340 e. The van der Waals surface area contributed by atoms with Crippen LogP contribution in [0.15, 0.2) is 133 Å². The molecule has 0 N–H and O–H groups in total. The Balaban J connectivity index is 1.84. The average molecular weight is 529 g/mol. The summed E-state index contributed by atoms with van der Waals surface area (Å²) in [6.45, 7) is 0. The van der Waals surface area contributed by atoms with Crippen molar-refractivity contribution in [1.29, 1.82) is 0 Å². The molecule has 0 aliphatic heterocycles. The number of hydrogen-bond acceptors (Lipinski definition) is 6. The van der Waals surface area contributed by atoms with Crippen LogP contribution in [-0.4, -0.2) is 26.2 Å². The molecule has 0 fully saturated rings. The number of carbonyl (C=O) groups excluding carboxylic acids is 2. The summed E-state index contributed by atoms with van der Waals surface area (Å²) >= 11 is 0. The van der Waals surface area contributed by atoms with Crippen LogP contribution < -0.4 is 9.80 Å². The molecule has 0 amide bonds. The van der Waals surface area contributed by atoms with E-state index in [1.54, 1.807) is 12.1 Å². The van der Waals surface area contributed by atoms with E-state index in [2.05, 4.69) is 0 Å². The van der Waals surface area contributed by atoms with Gasteiger partial charge in [0.15, 0.2) is 0 Å². The maximum atomic E-state index is 13.4. The van der Waals surface area contributed by atoms with Gasteiger partial charge in [0.05, 0.1) is 36.7 Å². The average Bonchev–Trinajstić information content (AvgIpc) is 3.03. The largest absolute Gasteiger partial charge is 0.465 e. The number of carbonyl (C=O) groups is 2. The smallest absolute Gasteiger partial charge is 0.340 e. The first-order chi connectivity index (χ1) is 19.6. The Morgan fingerprint density at radius 1 is 0.450 bits per heavy atom. The molecule has 198 valence electrons. The number of ether oxygens (including phenoxy) is 2. The highest BCUT2D eigenvalue weighted by Gasteiger charge is 2.28. The zero-order chi connectivity index (χ0) is 27.9.